The van der Waals surface area contributed by atoms with Gasteiger partial charge in [0.05, 0.1) is 0 Å². The SMILES string of the molecule is C1CNCCN1.CCO.C[C@]12CC[C@@H]3c4ccc(OS(=O)(=O)O)cc4CC[C@H]3[C@@H]1CCC2=O. The molecule has 0 bridgehead atoms. The average Bonchev–Trinajstić information content (AvgIpc) is 3.09. The Bertz CT molecular complexity index is 906. The maximum atomic E-state index is 12.3. The van der Waals surface area contributed by atoms with Crippen LogP contribution in [0.25, 0.3) is 0 Å². The van der Waals surface area contributed by atoms with E-state index in [4.69, 9.17) is 9.66 Å². The molecule has 1 aromatic rings. The number of rotatable bonds is 2. The van der Waals surface area contributed by atoms with Crippen molar-refractivity contribution in [3.63, 3.8) is 0 Å². The molecule has 1 saturated heterocycles. The van der Waals surface area contributed by atoms with E-state index in [-0.39, 0.29) is 17.8 Å². The van der Waals surface area contributed by atoms with Crippen LogP contribution in [0.2, 0.25) is 0 Å². The number of Topliss-reactive ketones (excluding diaryl/α,β-unsaturated/α-hetero) is 1. The number of fused-ring (bicyclic) bond motifs is 5. The summed E-state index contributed by atoms with van der Waals surface area (Å²) in [5.74, 6) is 2.05. The molecule has 0 unspecified atom stereocenters. The highest BCUT2D eigenvalue weighted by molar-refractivity contribution is 7.81. The van der Waals surface area contributed by atoms with Crippen LogP contribution in [0.4, 0.5) is 0 Å². The van der Waals surface area contributed by atoms with Crippen LogP contribution >= 0.6 is 0 Å². The van der Waals surface area contributed by atoms with Gasteiger partial charge in [0.2, 0.25) is 0 Å². The zero-order valence-corrected chi connectivity index (χ0v) is 20.5. The first kappa shape index (κ1) is 26.1. The zero-order valence-electron chi connectivity index (χ0n) is 19.7. The minimum absolute atomic E-state index is 0.132. The number of hydrogen-bond acceptors (Lipinski definition) is 7. The third-order valence-corrected chi connectivity index (χ3v) is 7.97. The fourth-order valence-electron chi connectivity index (χ4n) is 6.11. The van der Waals surface area contributed by atoms with Crippen LogP contribution in [0.15, 0.2) is 18.2 Å². The molecule has 5 rings (SSSR count). The van der Waals surface area contributed by atoms with Crippen LogP contribution in [0.3, 0.4) is 0 Å². The van der Waals surface area contributed by atoms with E-state index in [0.29, 0.717) is 23.5 Å². The van der Waals surface area contributed by atoms with Gasteiger partial charge in [-0.1, -0.05) is 13.0 Å². The number of carbonyl (C=O) groups excluding carboxylic acids is 1. The monoisotopic (exact) mass is 482 g/mol. The van der Waals surface area contributed by atoms with E-state index in [1.54, 1.807) is 19.1 Å². The maximum Gasteiger partial charge on any atom is 0.446 e. The van der Waals surface area contributed by atoms with Crippen molar-refractivity contribution in [1.82, 2.24) is 10.6 Å². The lowest BCUT2D eigenvalue weighted by Crippen LogP contribution is -2.42. The standard InChI is InChI=1S/C18H22O5S.C4H10N2.C2H6O/c1-18-9-8-14-13-5-3-12(23-24(20,21)22)10-11(13)2-4-15(14)16(18)6-7-17(18)19;1-2-6-4-3-5-1;1-2-3/h3,5,10,14-16H,2,4,6-9H2,1H3,(H,20,21,22);5-6H,1-4H2;3H,2H2,1H3/t14-,15-,16+,18+;;/m1../s1. The molecule has 3 fully saturated rings. The van der Waals surface area contributed by atoms with Gasteiger partial charge >= 0.3 is 10.4 Å². The van der Waals surface area contributed by atoms with E-state index in [0.717, 1.165) is 70.3 Å². The molecule has 4 atom stereocenters. The van der Waals surface area contributed by atoms with Crippen LogP contribution in [-0.2, 0) is 21.6 Å². The molecule has 2 saturated carbocycles. The van der Waals surface area contributed by atoms with E-state index in [2.05, 4.69) is 21.7 Å². The van der Waals surface area contributed by atoms with Crippen molar-refractivity contribution in [2.75, 3.05) is 32.8 Å². The van der Waals surface area contributed by atoms with Crippen molar-refractivity contribution < 1.29 is 27.1 Å². The number of aryl methyl sites for hydroxylation is 1. The summed E-state index contributed by atoms with van der Waals surface area (Å²) in [6, 6.07) is 5.28. The molecule has 9 heteroatoms. The summed E-state index contributed by atoms with van der Waals surface area (Å²) in [5.41, 5.74) is 2.23. The zero-order chi connectivity index (χ0) is 24.1. The van der Waals surface area contributed by atoms with Crippen molar-refractivity contribution in [3.05, 3.63) is 29.3 Å². The van der Waals surface area contributed by atoms with E-state index in [1.807, 2.05) is 6.07 Å². The summed E-state index contributed by atoms with van der Waals surface area (Å²) in [6.07, 6.45) is 5.57. The van der Waals surface area contributed by atoms with Crippen LogP contribution in [0, 0.1) is 17.3 Å². The van der Waals surface area contributed by atoms with Crippen LogP contribution in [0.1, 0.15) is 63.0 Å². The molecule has 0 radical (unpaired) electrons. The molecule has 0 aromatic heterocycles. The maximum absolute atomic E-state index is 12.3. The summed E-state index contributed by atoms with van der Waals surface area (Å²) < 4.78 is 35.2. The molecular formula is C24H38N2O6S. The van der Waals surface area contributed by atoms with Gasteiger partial charge in [0.25, 0.3) is 0 Å². The summed E-state index contributed by atoms with van der Waals surface area (Å²) in [4.78, 5) is 12.3. The highest BCUT2D eigenvalue weighted by Crippen LogP contribution is 2.59. The number of ketones is 1. The number of hydrogen-bond donors (Lipinski definition) is 4. The van der Waals surface area contributed by atoms with Gasteiger partial charge in [-0.25, -0.2) is 0 Å². The summed E-state index contributed by atoms with van der Waals surface area (Å²) in [7, 11) is -4.49. The van der Waals surface area contributed by atoms with E-state index in [9.17, 15) is 13.2 Å². The number of aliphatic hydroxyl groups is 1. The molecule has 1 heterocycles. The van der Waals surface area contributed by atoms with Crippen molar-refractivity contribution >= 4 is 16.2 Å². The second-order valence-corrected chi connectivity index (χ2v) is 10.5. The first-order valence-corrected chi connectivity index (χ1v) is 13.4. The van der Waals surface area contributed by atoms with E-state index < -0.39 is 10.4 Å². The van der Waals surface area contributed by atoms with Crippen molar-refractivity contribution in [2.45, 2.75) is 58.3 Å². The van der Waals surface area contributed by atoms with Gasteiger partial charge in [-0.05, 0) is 80.0 Å². The van der Waals surface area contributed by atoms with Gasteiger partial charge in [0.1, 0.15) is 11.5 Å². The molecule has 8 nitrogen and oxygen atoms in total. The third-order valence-electron chi connectivity index (χ3n) is 7.57. The quantitative estimate of drug-likeness (QED) is 0.474. The molecule has 0 amide bonds. The summed E-state index contributed by atoms with van der Waals surface area (Å²) in [6.45, 7) is 8.64. The number of aliphatic hydroxyl groups excluding tert-OH is 1. The van der Waals surface area contributed by atoms with E-state index in [1.165, 1.54) is 5.56 Å². The summed E-state index contributed by atoms with van der Waals surface area (Å²) in [5, 5.41) is 14.0. The lowest BCUT2D eigenvalue weighted by Gasteiger charge is -2.48. The lowest BCUT2D eigenvalue weighted by molar-refractivity contribution is -0.129. The second-order valence-electron chi connectivity index (χ2n) is 9.52. The smallest absolute Gasteiger partial charge is 0.397 e. The predicted octanol–water partition coefficient (Wildman–Crippen LogP) is 2.47. The van der Waals surface area contributed by atoms with Crippen molar-refractivity contribution in [2.24, 2.45) is 17.3 Å². The van der Waals surface area contributed by atoms with Gasteiger partial charge in [-0.3, -0.25) is 9.35 Å². The molecule has 3 aliphatic carbocycles. The second kappa shape index (κ2) is 11.3. The third kappa shape index (κ3) is 6.33. The number of benzene rings is 1. The highest BCUT2D eigenvalue weighted by Gasteiger charge is 2.54. The molecule has 186 valence electrons. The summed E-state index contributed by atoms with van der Waals surface area (Å²) >= 11 is 0. The Morgan fingerprint density at radius 3 is 2.30 bits per heavy atom. The first-order valence-electron chi connectivity index (χ1n) is 12.0. The Labute approximate surface area is 197 Å². The number of piperazine rings is 1. The van der Waals surface area contributed by atoms with Gasteiger partial charge in [0, 0.05) is 44.6 Å². The average molecular weight is 483 g/mol. The minimum Gasteiger partial charge on any atom is -0.397 e. The number of nitrogens with one attached hydrogen (secondary N) is 2. The van der Waals surface area contributed by atoms with Crippen LogP contribution in [-0.4, -0.2) is 56.6 Å². The van der Waals surface area contributed by atoms with Gasteiger partial charge in [-0.2, -0.15) is 8.42 Å². The molecule has 4 aliphatic rings. The molecule has 1 aromatic carbocycles. The molecule has 1 aliphatic heterocycles. The largest absolute Gasteiger partial charge is 0.446 e. The lowest BCUT2D eigenvalue weighted by atomic mass is 9.55. The van der Waals surface area contributed by atoms with E-state index >= 15 is 0 Å². The molecule has 0 spiro atoms. The van der Waals surface area contributed by atoms with Crippen molar-refractivity contribution in [1.29, 1.82) is 0 Å². The fourth-order valence-corrected chi connectivity index (χ4v) is 6.45. The Morgan fingerprint density at radius 2 is 1.73 bits per heavy atom. The fraction of sp³-hybridized carbons (Fsp3) is 0.708. The van der Waals surface area contributed by atoms with Gasteiger partial charge < -0.3 is 19.9 Å². The Kier molecular flexibility index (Phi) is 8.91. The Balaban J connectivity index is 0.000000288. The minimum atomic E-state index is -4.49. The normalized spacial score (nSPS) is 30.4. The van der Waals surface area contributed by atoms with Crippen LogP contribution in [0.5, 0.6) is 5.75 Å². The van der Waals surface area contributed by atoms with Crippen molar-refractivity contribution in [3.8, 4) is 5.75 Å². The molecule has 4 N–H and O–H groups in total. The molecule has 33 heavy (non-hydrogen) atoms. The Morgan fingerprint density at radius 1 is 1.09 bits per heavy atom. The topological polar surface area (TPSA) is 125 Å². The Hall–Kier alpha value is -1.52. The van der Waals surface area contributed by atoms with Crippen LogP contribution < -0.4 is 14.8 Å². The molecular weight excluding hydrogens is 444 g/mol. The first-order chi connectivity index (χ1) is 15.7. The number of carbonyl (C=O) groups is 1. The highest BCUT2D eigenvalue weighted by atomic mass is 32.3. The van der Waals surface area contributed by atoms with Gasteiger partial charge in [0.15, 0.2) is 0 Å². The predicted molar refractivity (Wildman–Crippen MR) is 127 cm³/mol. The van der Waals surface area contributed by atoms with Gasteiger partial charge in [-0.15, -0.1) is 0 Å².